The van der Waals surface area contributed by atoms with Crippen molar-refractivity contribution in [2.75, 3.05) is 18.0 Å². The molecule has 0 radical (unpaired) electrons. The van der Waals surface area contributed by atoms with Gasteiger partial charge in [-0.2, -0.15) is 26.3 Å². The number of ether oxygens (including phenoxy) is 1. The summed E-state index contributed by atoms with van der Waals surface area (Å²) in [6.07, 6.45) is -9.29. The minimum Gasteiger partial charge on any atom is -0.430 e. The van der Waals surface area contributed by atoms with E-state index in [0.717, 1.165) is 12.8 Å². The number of anilines is 1. The van der Waals surface area contributed by atoms with Gasteiger partial charge >= 0.3 is 18.4 Å². The average Bonchev–Trinajstić information content (AvgIpc) is 2.74. The molecule has 158 valence electrons. The second-order valence-corrected chi connectivity index (χ2v) is 7.57. The number of alkyl halides is 6. The standard InChI is InChI=1S/C18H16F6N2O3/c19-17(20,21)10-5-11(18(22,23)24)7-12(6-10)26-14(27)16(29-15(26)28)8-25-4-3-9-1-2-13(9)16/h5-7,9,13,25H,1-4,8H2. The van der Waals surface area contributed by atoms with Crippen molar-refractivity contribution < 1.29 is 40.7 Å². The highest BCUT2D eigenvalue weighted by Gasteiger charge is 2.63. The van der Waals surface area contributed by atoms with Crippen LogP contribution < -0.4 is 10.2 Å². The van der Waals surface area contributed by atoms with E-state index in [0.29, 0.717) is 30.0 Å². The smallest absolute Gasteiger partial charge is 0.422 e. The van der Waals surface area contributed by atoms with Crippen molar-refractivity contribution in [2.24, 2.45) is 11.8 Å². The Morgan fingerprint density at radius 3 is 2.10 bits per heavy atom. The third kappa shape index (κ3) is 3.15. The Bertz CT molecular complexity index is 836. The van der Waals surface area contributed by atoms with Gasteiger partial charge in [0.2, 0.25) is 5.60 Å². The predicted octanol–water partition coefficient (Wildman–Crippen LogP) is 3.97. The van der Waals surface area contributed by atoms with Gasteiger partial charge in [-0.1, -0.05) is 0 Å². The molecule has 2 aliphatic heterocycles. The number of nitrogens with zero attached hydrogens (tertiary/aromatic N) is 1. The van der Waals surface area contributed by atoms with E-state index in [-0.39, 0.29) is 24.4 Å². The van der Waals surface area contributed by atoms with Crippen LogP contribution in [0.25, 0.3) is 0 Å². The number of rotatable bonds is 1. The predicted molar refractivity (Wildman–Crippen MR) is 86.8 cm³/mol. The third-order valence-electron chi connectivity index (χ3n) is 5.94. The molecule has 2 amide bonds. The van der Waals surface area contributed by atoms with Crippen LogP contribution in [0, 0.1) is 11.8 Å². The lowest BCUT2D eigenvalue weighted by Crippen LogP contribution is -2.56. The van der Waals surface area contributed by atoms with Gasteiger partial charge in [0, 0.05) is 12.5 Å². The summed E-state index contributed by atoms with van der Waals surface area (Å²) in [5.41, 5.74) is -5.63. The summed E-state index contributed by atoms with van der Waals surface area (Å²) in [5, 5.41) is 2.99. The van der Waals surface area contributed by atoms with E-state index in [9.17, 15) is 35.9 Å². The Morgan fingerprint density at radius 2 is 1.59 bits per heavy atom. The summed E-state index contributed by atoms with van der Waals surface area (Å²) in [7, 11) is 0. The van der Waals surface area contributed by atoms with Gasteiger partial charge in [-0.25, -0.2) is 9.69 Å². The number of halogens is 6. The van der Waals surface area contributed by atoms with Gasteiger partial charge in [0.15, 0.2) is 0 Å². The zero-order chi connectivity index (χ0) is 21.2. The van der Waals surface area contributed by atoms with E-state index in [1.54, 1.807) is 0 Å². The van der Waals surface area contributed by atoms with E-state index in [2.05, 4.69) is 5.32 Å². The van der Waals surface area contributed by atoms with Gasteiger partial charge in [-0.15, -0.1) is 0 Å². The first-order valence-electron chi connectivity index (χ1n) is 9.01. The van der Waals surface area contributed by atoms with Crippen molar-refractivity contribution >= 4 is 17.7 Å². The van der Waals surface area contributed by atoms with Gasteiger partial charge in [0.1, 0.15) is 0 Å². The van der Waals surface area contributed by atoms with Gasteiger partial charge in [0.25, 0.3) is 5.91 Å². The van der Waals surface area contributed by atoms with Crippen LogP contribution in [0.15, 0.2) is 18.2 Å². The molecule has 29 heavy (non-hydrogen) atoms. The van der Waals surface area contributed by atoms with Crippen molar-refractivity contribution in [1.82, 2.24) is 5.32 Å². The fraction of sp³-hybridized carbons (Fsp3) is 0.556. The molecule has 3 fully saturated rings. The molecule has 1 aliphatic carbocycles. The van der Waals surface area contributed by atoms with Crippen LogP contribution in [-0.4, -0.2) is 30.7 Å². The first kappa shape index (κ1) is 20.0. The molecule has 5 nitrogen and oxygen atoms in total. The first-order chi connectivity index (χ1) is 13.4. The van der Waals surface area contributed by atoms with E-state index in [1.165, 1.54) is 0 Å². The molecule has 3 aliphatic rings. The molecule has 4 rings (SSSR count). The number of nitrogens with one attached hydrogen (secondary N) is 1. The Kier molecular flexibility index (Phi) is 4.38. The molecule has 1 aromatic rings. The van der Waals surface area contributed by atoms with E-state index < -0.39 is 46.8 Å². The largest absolute Gasteiger partial charge is 0.430 e. The second-order valence-electron chi connectivity index (χ2n) is 7.57. The van der Waals surface area contributed by atoms with Crippen LogP contribution in [0.4, 0.5) is 36.8 Å². The lowest BCUT2D eigenvalue weighted by molar-refractivity contribution is -0.143. The van der Waals surface area contributed by atoms with Crippen molar-refractivity contribution in [3.8, 4) is 0 Å². The minimum atomic E-state index is -5.09. The maximum atomic E-state index is 13.1. The molecule has 2 saturated heterocycles. The van der Waals surface area contributed by atoms with Gasteiger partial charge in [-0.05, 0) is 49.9 Å². The number of amides is 2. The zero-order valence-electron chi connectivity index (χ0n) is 14.9. The molecule has 1 aromatic carbocycles. The summed E-state index contributed by atoms with van der Waals surface area (Å²) in [6.45, 7) is 0.551. The van der Waals surface area contributed by atoms with Crippen LogP contribution >= 0.6 is 0 Å². The highest BCUT2D eigenvalue weighted by Crippen LogP contribution is 2.50. The van der Waals surface area contributed by atoms with E-state index in [1.807, 2.05) is 0 Å². The molecule has 3 atom stereocenters. The molecule has 1 saturated carbocycles. The Balaban J connectivity index is 1.78. The number of fused-ring (bicyclic) bond motifs is 2. The molecule has 1 N–H and O–H groups in total. The number of hydrogen-bond donors (Lipinski definition) is 1. The van der Waals surface area contributed by atoms with Gasteiger partial charge in [0.05, 0.1) is 16.8 Å². The maximum Gasteiger partial charge on any atom is 0.422 e. The topological polar surface area (TPSA) is 58.6 Å². The van der Waals surface area contributed by atoms with Gasteiger partial charge in [-0.3, -0.25) is 4.79 Å². The lowest BCUT2D eigenvalue weighted by atomic mass is 9.64. The fourth-order valence-corrected chi connectivity index (χ4v) is 4.37. The third-order valence-corrected chi connectivity index (χ3v) is 5.94. The molecule has 2 heterocycles. The van der Waals surface area contributed by atoms with Crippen molar-refractivity contribution in [3.05, 3.63) is 29.3 Å². The van der Waals surface area contributed by atoms with E-state index in [4.69, 9.17) is 4.74 Å². The average molecular weight is 422 g/mol. The number of carbonyl (C=O) groups is 2. The summed E-state index contributed by atoms with van der Waals surface area (Å²) in [5.74, 6) is -1.14. The highest BCUT2D eigenvalue weighted by atomic mass is 19.4. The first-order valence-corrected chi connectivity index (χ1v) is 9.01. The Hall–Kier alpha value is -2.30. The monoisotopic (exact) mass is 422 g/mol. The molecule has 3 unspecified atom stereocenters. The summed E-state index contributed by atoms with van der Waals surface area (Å²) in [6, 6.07) is 0.659. The number of hydrogen-bond acceptors (Lipinski definition) is 4. The number of imide groups is 1. The Morgan fingerprint density at radius 1 is 0.966 bits per heavy atom. The quantitative estimate of drug-likeness (QED) is 0.696. The lowest BCUT2D eigenvalue weighted by Gasteiger charge is -2.43. The normalized spacial score (nSPS) is 30.1. The van der Waals surface area contributed by atoms with Crippen LogP contribution in [0.1, 0.15) is 30.4 Å². The number of benzene rings is 1. The van der Waals surface area contributed by atoms with Crippen LogP contribution in [0.2, 0.25) is 0 Å². The molecule has 0 aromatic heterocycles. The second kappa shape index (κ2) is 6.35. The fourth-order valence-electron chi connectivity index (χ4n) is 4.37. The van der Waals surface area contributed by atoms with E-state index >= 15 is 0 Å². The van der Waals surface area contributed by atoms with Crippen LogP contribution in [0.5, 0.6) is 0 Å². The SMILES string of the molecule is O=C1OC2(CNCCC3CCC32)C(=O)N1c1cc(C(F)(F)F)cc(C(F)(F)F)c1. The molecular weight excluding hydrogens is 406 g/mol. The summed E-state index contributed by atoms with van der Waals surface area (Å²) in [4.78, 5) is 25.9. The summed E-state index contributed by atoms with van der Waals surface area (Å²) >= 11 is 0. The molecule has 11 heteroatoms. The van der Waals surface area contributed by atoms with Gasteiger partial charge < -0.3 is 10.1 Å². The highest BCUT2D eigenvalue weighted by molar-refractivity contribution is 6.20. The van der Waals surface area contributed by atoms with Crippen LogP contribution in [-0.2, 0) is 21.9 Å². The number of carbonyl (C=O) groups excluding carboxylic acids is 2. The zero-order valence-corrected chi connectivity index (χ0v) is 14.9. The molecule has 1 spiro atoms. The maximum absolute atomic E-state index is 13.1. The van der Waals surface area contributed by atoms with Crippen molar-refractivity contribution in [3.63, 3.8) is 0 Å². The molecule has 0 bridgehead atoms. The van der Waals surface area contributed by atoms with Crippen LogP contribution in [0.3, 0.4) is 0 Å². The van der Waals surface area contributed by atoms with Crippen molar-refractivity contribution in [2.45, 2.75) is 37.2 Å². The molecular formula is C18H16F6N2O3. The minimum absolute atomic E-state index is 0.0275. The summed E-state index contributed by atoms with van der Waals surface area (Å²) < 4.78 is 84.2. The van der Waals surface area contributed by atoms with Crippen molar-refractivity contribution in [1.29, 1.82) is 0 Å². The Labute approximate surface area is 161 Å².